The first kappa shape index (κ1) is 38.8. The maximum Gasteiger partial charge on any atom is 0.161 e. The molecular weight excluding hydrogens is 1120 g/mol. The minimum atomic E-state index is -0.192. The van der Waals surface area contributed by atoms with Gasteiger partial charge in [-0.25, -0.2) is 17.8 Å². The third-order valence-corrected chi connectivity index (χ3v) is 10.5. The molecule has 0 saturated carbocycles. The average Bonchev–Trinajstić information content (AvgIpc) is 3.23. The topological polar surface area (TPSA) is 73.8 Å². The van der Waals surface area contributed by atoms with Gasteiger partial charge in [0.15, 0.2) is 23.0 Å². The van der Waals surface area contributed by atoms with E-state index in [-0.39, 0.29) is 79.4 Å². The number of rotatable bonds is 12. The van der Waals surface area contributed by atoms with Gasteiger partial charge in [0.1, 0.15) is 0 Å². The molecule has 4 aliphatic heterocycles. The summed E-state index contributed by atoms with van der Waals surface area (Å²) >= 11 is 0. The summed E-state index contributed by atoms with van der Waals surface area (Å²) in [5.41, 5.74) is 5.03. The van der Waals surface area contributed by atoms with Crippen LogP contribution in [0, 0.1) is 23.7 Å². The van der Waals surface area contributed by atoms with E-state index in [1.807, 2.05) is 0 Å². The number of fused-ring (bicyclic) bond motifs is 4. The molecule has 0 bridgehead atoms. The zero-order valence-corrected chi connectivity index (χ0v) is 37.1. The van der Waals surface area contributed by atoms with Crippen LogP contribution in [0.25, 0.3) is 0 Å². The van der Waals surface area contributed by atoms with Gasteiger partial charge in [0.05, 0.1) is 19.8 Å². The molecule has 0 aromatic heterocycles. The van der Waals surface area contributed by atoms with Crippen LogP contribution in [0.15, 0.2) is 24.3 Å². The minimum absolute atomic E-state index is 0. The molecule has 8 nitrogen and oxygen atoms in total. The van der Waals surface area contributed by atoms with E-state index in [0.717, 1.165) is 49.1 Å². The Kier molecular flexibility index (Phi) is 12.3. The van der Waals surface area contributed by atoms with Crippen molar-refractivity contribution in [3.63, 3.8) is 0 Å². The molecule has 0 N–H and O–H groups in total. The van der Waals surface area contributed by atoms with Crippen molar-refractivity contribution in [2.75, 3.05) is 79.3 Å². The molecule has 2 aromatic carbocycles. The third kappa shape index (κ3) is 7.26. The predicted molar refractivity (Wildman–Crippen MR) is 167 cm³/mol. The van der Waals surface area contributed by atoms with Crippen LogP contribution in [-0.2, 0) is 98.4 Å². The molecule has 6 aliphatic rings. The standard InChI is InChI=1S/C37H45O8.3W/c1-35(2)21-37(29-7-33(44-19-25-13-40-14-25)31(5-27(29)35)42-17-23-9-38-10-23)22-36(3,4)28-6-32(43-18-24-11-39-12-24)34(8-30(28)37)45-20-26-15-41-16-26;;;/h5-8,23H,9-22H2,1-4H3;;;/q-3;;;. The van der Waals surface area contributed by atoms with Crippen molar-refractivity contribution in [3.05, 3.63) is 64.3 Å². The van der Waals surface area contributed by atoms with E-state index in [0.29, 0.717) is 72.0 Å². The van der Waals surface area contributed by atoms with E-state index in [2.05, 4.69) is 52.0 Å². The van der Waals surface area contributed by atoms with Crippen molar-refractivity contribution in [1.82, 2.24) is 0 Å². The van der Waals surface area contributed by atoms with E-state index < -0.39 is 0 Å². The summed E-state index contributed by atoms with van der Waals surface area (Å²) in [7, 11) is 0. The molecule has 48 heavy (non-hydrogen) atoms. The molecule has 262 valence electrons. The van der Waals surface area contributed by atoms with E-state index in [1.54, 1.807) is 0 Å². The Bertz CT molecular complexity index is 1320. The molecule has 0 radical (unpaired) electrons. The predicted octanol–water partition coefficient (Wildman–Crippen LogP) is 5.30. The van der Waals surface area contributed by atoms with Crippen LogP contribution < -0.4 is 18.9 Å². The van der Waals surface area contributed by atoms with Crippen molar-refractivity contribution in [2.45, 2.75) is 56.8 Å². The fraction of sp³-hybridized carbons (Fsp3) is 0.595. The van der Waals surface area contributed by atoms with E-state index in [4.69, 9.17) is 37.9 Å². The van der Waals surface area contributed by atoms with E-state index in [9.17, 15) is 0 Å². The van der Waals surface area contributed by atoms with Gasteiger partial charge < -0.3 is 37.9 Å². The van der Waals surface area contributed by atoms with Gasteiger partial charge in [0.2, 0.25) is 0 Å². The largest absolute Gasteiger partial charge is 0.521 e. The summed E-state index contributed by atoms with van der Waals surface area (Å²) in [5, 5.41) is 0. The zero-order chi connectivity index (χ0) is 30.8. The van der Waals surface area contributed by atoms with Crippen molar-refractivity contribution >= 4 is 0 Å². The number of benzene rings is 2. The first-order valence-corrected chi connectivity index (χ1v) is 16.4. The van der Waals surface area contributed by atoms with Crippen LogP contribution in [0.2, 0.25) is 0 Å². The van der Waals surface area contributed by atoms with E-state index >= 15 is 0 Å². The Morgan fingerprint density at radius 3 is 1.21 bits per heavy atom. The molecule has 4 heterocycles. The molecule has 8 rings (SSSR count). The fourth-order valence-corrected chi connectivity index (χ4v) is 7.89. The Balaban J connectivity index is 0.00000150. The third-order valence-electron chi connectivity index (χ3n) is 10.5. The van der Waals surface area contributed by atoms with Gasteiger partial charge in [0.25, 0.3) is 0 Å². The number of hydrogen-bond donors (Lipinski definition) is 0. The normalized spacial score (nSPS) is 25.1. The second kappa shape index (κ2) is 15.3. The first-order chi connectivity index (χ1) is 21.7. The molecule has 1 unspecified atom stereocenters. The molecule has 2 aliphatic carbocycles. The van der Waals surface area contributed by atoms with Gasteiger partial charge in [-0.2, -0.15) is 0 Å². The van der Waals surface area contributed by atoms with Crippen molar-refractivity contribution in [1.29, 1.82) is 0 Å². The second-order valence-corrected chi connectivity index (χ2v) is 15.2. The molecule has 11 heteroatoms. The Labute approximate surface area is 328 Å². The quantitative estimate of drug-likeness (QED) is 0.266. The number of hydrogen-bond acceptors (Lipinski definition) is 8. The van der Waals surface area contributed by atoms with Crippen LogP contribution >= 0.6 is 0 Å². The van der Waals surface area contributed by atoms with Crippen LogP contribution in [0.3, 0.4) is 0 Å². The molecule has 0 amide bonds. The zero-order valence-electron chi connectivity index (χ0n) is 28.3. The van der Waals surface area contributed by atoms with Crippen LogP contribution in [0.4, 0.5) is 0 Å². The maximum atomic E-state index is 6.51. The summed E-state index contributed by atoms with van der Waals surface area (Å²) < 4.78 is 47.5. The minimum Gasteiger partial charge on any atom is -0.521 e. The molecule has 4 fully saturated rings. The van der Waals surface area contributed by atoms with Gasteiger partial charge in [-0.3, -0.25) is 0 Å². The molecule has 1 atom stereocenters. The summed E-state index contributed by atoms with van der Waals surface area (Å²) in [5.74, 6) is 7.49. The smallest absolute Gasteiger partial charge is 0.161 e. The molecule has 4 saturated heterocycles. The van der Waals surface area contributed by atoms with Crippen LogP contribution in [0.5, 0.6) is 23.0 Å². The molecule has 1 spiro atoms. The summed E-state index contributed by atoms with van der Waals surface area (Å²) in [6.45, 7) is 17.3. The van der Waals surface area contributed by atoms with Crippen molar-refractivity contribution < 1.29 is 101 Å². The van der Waals surface area contributed by atoms with Gasteiger partial charge in [-0.05, 0) is 90.0 Å². The van der Waals surface area contributed by atoms with Crippen molar-refractivity contribution in [2.24, 2.45) is 5.92 Å². The van der Waals surface area contributed by atoms with Crippen molar-refractivity contribution in [3.8, 4) is 23.0 Å². The fourth-order valence-electron chi connectivity index (χ4n) is 7.89. The monoisotopic (exact) mass is 1170 g/mol. The summed E-state index contributed by atoms with van der Waals surface area (Å²) in [4.78, 5) is 0. The van der Waals surface area contributed by atoms with Crippen LogP contribution in [-0.4, -0.2) is 79.3 Å². The van der Waals surface area contributed by atoms with Gasteiger partial charge in [0, 0.05) is 74.5 Å². The first-order valence-electron chi connectivity index (χ1n) is 16.4. The second-order valence-electron chi connectivity index (χ2n) is 15.2. The van der Waals surface area contributed by atoms with Crippen LogP contribution in [0.1, 0.15) is 62.8 Å². The summed E-state index contributed by atoms with van der Waals surface area (Å²) in [6.07, 6.45) is 1.99. The van der Waals surface area contributed by atoms with Gasteiger partial charge in [-0.1, -0.05) is 67.3 Å². The molecular formula is C37H45O8W3-3. The Morgan fingerprint density at radius 2 is 0.896 bits per heavy atom. The Morgan fingerprint density at radius 1 is 0.542 bits per heavy atom. The SMILES string of the molecule is CC1(C)CC2(CC(C)(C)c3cc(OCC4COC4)c(OC[C-]4COC4)cc32)c2cc(OC[C-]3COC3)c(OC[C-]3COC3)cc21.[W].[W].[W]. The average molecular weight is 1170 g/mol. The molecule has 2 aromatic rings. The number of ether oxygens (including phenoxy) is 8. The Hall–Kier alpha value is -0.455. The van der Waals surface area contributed by atoms with Gasteiger partial charge >= 0.3 is 0 Å². The summed E-state index contributed by atoms with van der Waals surface area (Å²) in [6, 6.07) is 9.11. The van der Waals surface area contributed by atoms with Gasteiger partial charge in [-0.15, -0.1) is 0 Å². The maximum absolute atomic E-state index is 6.51. The van der Waals surface area contributed by atoms with E-state index in [1.165, 1.54) is 40.0 Å².